The number of likely N-dealkylation sites (tertiary alicyclic amines) is 1. The first-order chi connectivity index (χ1) is 9.52. The maximum absolute atomic E-state index is 12.5. The molecule has 1 fully saturated rings. The number of carbonyl (C=O) groups is 1. The van der Waals surface area contributed by atoms with Crippen molar-refractivity contribution in [2.45, 2.75) is 25.9 Å². The van der Waals surface area contributed by atoms with Gasteiger partial charge in [-0.05, 0) is 37.8 Å². The summed E-state index contributed by atoms with van der Waals surface area (Å²) >= 11 is 0. The van der Waals surface area contributed by atoms with Crippen molar-refractivity contribution in [1.82, 2.24) is 4.90 Å². The van der Waals surface area contributed by atoms with E-state index in [9.17, 15) is 9.90 Å². The fraction of sp³-hybridized carbons (Fsp3) is 0.533. The van der Waals surface area contributed by atoms with Crippen LogP contribution in [0.4, 0.5) is 5.69 Å². The van der Waals surface area contributed by atoms with Crippen molar-refractivity contribution in [2.24, 2.45) is 5.92 Å². The molecule has 1 amide bonds. The summed E-state index contributed by atoms with van der Waals surface area (Å²) in [5, 5.41) is 9.59. The topological polar surface area (TPSA) is 75.8 Å². The molecular weight excluding hydrogens is 256 g/mol. The number of rotatable bonds is 3. The molecule has 3 N–H and O–H groups in total. The second kappa shape index (κ2) is 6.13. The number of hydrogen-bond acceptors (Lipinski definition) is 4. The number of carbonyl (C=O) groups excluding carboxylic acids is 1. The van der Waals surface area contributed by atoms with E-state index < -0.39 is 0 Å². The van der Waals surface area contributed by atoms with Gasteiger partial charge in [0.25, 0.3) is 5.91 Å². The summed E-state index contributed by atoms with van der Waals surface area (Å²) in [5.74, 6) is 0.755. The number of anilines is 1. The van der Waals surface area contributed by atoms with E-state index in [-0.39, 0.29) is 17.9 Å². The number of piperidine rings is 1. The van der Waals surface area contributed by atoms with E-state index in [1.54, 1.807) is 18.2 Å². The Labute approximate surface area is 119 Å². The number of hydrogen-bond donors (Lipinski definition) is 2. The van der Waals surface area contributed by atoms with Crippen LogP contribution in [0.1, 0.15) is 30.1 Å². The average molecular weight is 278 g/mol. The number of ether oxygens (including phenoxy) is 1. The second-order valence-electron chi connectivity index (χ2n) is 5.33. The summed E-state index contributed by atoms with van der Waals surface area (Å²) in [7, 11) is 1.53. The number of aliphatic hydroxyl groups is 1. The number of amides is 1. The summed E-state index contributed by atoms with van der Waals surface area (Å²) in [6, 6.07) is 5.07. The van der Waals surface area contributed by atoms with Crippen LogP contribution in [0.2, 0.25) is 0 Å². The highest BCUT2D eigenvalue weighted by Gasteiger charge is 2.27. The molecule has 20 heavy (non-hydrogen) atoms. The molecule has 1 atom stereocenters. The number of aliphatic hydroxyl groups excluding tert-OH is 1. The van der Waals surface area contributed by atoms with Gasteiger partial charge in [-0.2, -0.15) is 0 Å². The lowest BCUT2D eigenvalue weighted by molar-refractivity contribution is 0.0519. The van der Waals surface area contributed by atoms with Crippen LogP contribution in [0.5, 0.6) is 5.75 Å². The molecule has 0 bridgehead atoms. The molecule has 5 nitrogen and oxygen atoms in total. The molecule has 2 rings (SSSR count). The molecule has 1 aliphatic rings. The van der Waals surface area contributed by atoms with E-state index in [2.05, 4.69) is 0 Å². The summed E-state index contributed by atoms with van der Waals surface area (Å²) in [4.78, 5) is 14.3. The highest BCUT2D eigenvalue weighted by molar-refractivity contribution is 5.97. The summed E-state index contributed by atoms with van der Waals surface area (Å²) in [6.45, 7) is 3.15. The minimum atomic E-state index is -0.307. The summed E-state index contributed by atoms with van der Waals surface area (Å²) in [6.07, 6.45) is 1.36. The fourth-order valence-electron chi connectivity index (χ4n) is 2.64. The summed E-state index contributed by atoms with van der Waals surface area (Å²) < 4.78 is 5.23. The number of methoxy groups -OCH3 is 1. The molecule has 1 aromatic rings. The minimum Gasteiger partial charge on any atom is -0.496 e. The zero-order chi connectivity index (χ0) is 14.7. The Morgan fingerprint density at radius 2 is 2.10 bits per heavy atom. The van der Waals surface area contributed by atoms with Crippen LogP contribution in [0.25, 0.3) is 0 Å². The van der Waals surface area contributed by atoms with Gasteiger partial charge in [0.05, 0.1) is 18.8 Å². The van der Waals surface area contributed by atoms with E-state index >= 15 is 0 Å². The number of nitrogens with two attached hydrogens (primary N) is 1. The van der Waals surface area contributed by atoms with Crippen molar-refractivity contribution >= 4 is 11.6 Å². The van der Waals surface area contributed by atoms with Crippen LogP contribution in [-0.2, 0) is 0 Å². The monoisotopic (exact) mass is 278 g/mol. The van der Waals surface area contributed by atoms with Crippen molar-refractivity contribution in [2.75, 3.05) is 25.9 Å². The van der Waals surface area contributed by atoms with Crippen LogP contribution in [0.15, 0.2) is 18.2 Å². The van der Waals surface area contributed by atoms with Crippen LogP contribution in [-0.4, -0.2) is 42.2 Å². The van der Waals surface area contributed by atoms with Crippen molar-refractivity contribution in [3.63, 3.8) is 0 Å². The molecule has 1 aromatic carbocycles. The molecule has 0 spiro atoms. The maximum Gasteiger partial charge on any atom is 0.257 e. The molecular formula is C15H22N2O3. The molecule has 5 heteroatoms. The predicted molar refractivity (Wildman–Crippen MR) is 77.7 cm³/mol. The smallest absolute Gasteiger partial charge is 0.257 e. The van der Waals surface area contributed by atoms with Crippen molar-refractivity contribution in [3.05, 3.63) is 23.8 Å². The Hall–Kier alpha value is -1.75. The van der Waals surface area contributed by atoms with Crippen molar-refractivity contribution in [1.29, 1.82) is 0 Å². The van der Waals surface area contributed by atoms with Crippen LogP contribution < -0.4 is 10.5 Å². The van der Waals surface area contributed by atoms with Crippen LogP contribution in [0.3, 0.4) is 0 Å². The van der Waals surface area contributed by atoms with E-state index in [1.165, 1.54) is 7.11 Å². The van der Waals surface area contributed by atoms with Gasteiger partial charge in [0.2, 0.25) is 0 Å². The molecule has 1 aliphatic heterocycles. The Bertz CT molecular complexity index is 480. The van der Waals surface area contributed by atoms with E-state index in [4.69, 9.17) is 10.5 Å². The Kier molecular flexibility index (Phi) is 4.49. The predicted octanol–water partition coefficient (Wildman–Crippen LogP) is 1.51. The van der Waals surface area contributed by atoms with Crippen LogP contribution >= 0.6 is 0 Å². The standard InChI is InChI=1S/C15H22N2O3/c1-10(18)11-5-7-17(8-6-11)15(19)13-4-3-12(16)9-14(13)20-2/h3-4,9-11,18H,5-8,16H2,1-2H3. The molecule has 110 valence electrons. The Balaban J connectivity index is 2.09. The van der Waals surface area contributed by atoms with Gasteiger partial charge in [0.1, 0.15) is 5.75 Å². The molecule has 0 saturated carbocycles. The van der Waals surface area contributed by atoms with E-state index in [1.807, 2.05) is 11.8 Å². The number of nitrogens with zero attached hydrogens (tertiary/aromatic N) is 1. The third-order valence-corrected chi connectivity index (χ3v) is 3.97. The largest absolute Gasteiger partial charge is 0.496 e. The molecule has 0 radical (unpaired) electrons. The zero-order valence-electron chi connectivity index (χ0n) is 12.0. The maximum atomic E-state index is 12.5. The Morgan fingerprint density at radius 3 is 2.65 bits per heavy atom. The van der Waals surface area contributed by atoms with Gasteiger partial charge in [-0.3, -0.25) is 4.79 Å². The van der Waals surface area contributed by atoms with Gasteiger partial charge in [0.15, 0.2) is 0 Å². The quantitative estimate of drug-likeness (QED) is 0.822. The first-order valence-electron chi connectivity index (χ1n) is 6.93. The SMILES string of the molecule is COc1cc(N)ccc1C(=O)N1CCC(C(C)O)CC1. The van der Waals surface area contributed by atoms with Gasteiger partial charge >= 0.3 is 0 Å². The molecule has 0 aliphatic carbocycles. The van der Waals surface area contributed by atoms with Crippen molar-refractivity contribution in [3.8, 4) is 5.75 Å². The lowest BCUT2D eigenvalue weighted by atomic mass is 9.92. The third kappa shape index (κ3) is 3.04. The normalized spacial score (nSPS) is 17.9. The highest BCUT2D eigenvalue weighted by atomic mass is 16.5. The van der Waals surface area contributed by atoms with Gasteiger partial charge < -0.3 is 20.5 Å². The molecule has 1 heterocycles. The zero-order valence-corrected chi connectivity index (χ0v) is 12.0. The van der Waals surface area contributed by atoms with Crippen LogP contribution in [0, 0.1) is 5.92 Å². The van der Waals surface area contributed by atoms with Gasteiger partial charge in [0, 0.05) is 24.8 Å². The minimum absolute atomic E-state index is 0.0362. The molecule has 0 aromatic heterocycles. The van der Waals surface area contributed by atoms with Gasteiger partial charge in [-0.25, -0.2) is 0 Å². The first kappa shape index (κ1) is 14.7. The lowest BCUT2D eigenvalue weighted by Crippen LogP contribution is -2.40. The fourth-order valence-corrected chi connectivity index (χ4v) is 2.64. The molecule has 1 unspecified atom stereocenters. The first-order valence-corrected chi connectivity index (χ1v) is 6.93. The average Bonchev–Trinajstić information content (AvgIpc) is 2.46. The van der Waals surface area contributed by atoms with E-state index in [0.717, 1.165) is 12.8 Å². The third-order valence-electron chi connectivity index (χ3n) is 3.97. The number of nitrogen functional groups attached to an aromatic ring is 1. The summed E-state index contributed by atoms with van der Waals surface area (Å²) in [5.41, 5.74) is 6.81. The van der Waals surface area contributed by atoms with Gasteiger partial charge in [-0.15, -0.1) is 0 Å². The van der Waals surface area contributed by atoms with Gasteiger partial charge in [-0.1, -0.05) is 0 Å². The second-order valence-corrected chi connectivity index (χ2v) is 5.33. The lowest BCUT2D eigenvalue weighted by Gasteiger charge is -2.33. The number of benzene rings is 1. The van der Waals surface area contributed by atoms with E-state index in [0.29, 0.717) is 30.1 Å². The highest BCUT2D eigenvalue weighted by Crippen LogP contribution is 2.26. The molecule has 1 saturated heterocycles. The Morgan fingerprint density at radius 1 is 1.45 bits per heavy atom. The van der Waals surface area contributed by atoms with Crippen molar-refractivity contribution < 1.29 is 14.6 Å².